The predicted molar refractivity (Wildman–Crippen MR) is 70.1 cm³/mol. The van der Waals surface area contributed by atoms with E-state index in [1.54, 1.807) is 0 Å². The lowest BCUT2D eigenvalue weighted by Crippen LogP contribution is -2.44. The van der Waals surface area contributed by atoms with Gasteiger partial charge in [-0.25, -0.2) is 0 Å². The van der Waals surface area contributed by atoms with E-state index in [0.717, 1.165) is 32.5 Å². The summed E-state index contributed by atoms with van der Waals surface area (Å²) < 4.78 is 0. The van der Waals surface area contributed by atoms with Gasteiger partial charge in [0.2, 0.25) is 0 Å². The van der Waals surface area contributed by atoms with E-state index in [0.29, 0.717) is 13.1 Å². The molecule has 1 aliphatic rings. The minimum atomic E-state index is -0.618. The molecule has 3 N–H and O–H groups in total. The number of hydrogen-bond donors (Lipinski definition) is 3. The molecule has 0 aliphatic carbocycles. The van der Waals surface area contributed by atoms with Gasteiger partial charge in [-0.1, -0.05) is 13.8 Å². The van der Waals surface area contributed by atoms with Crippen molar-refractivity contribution in [3.05, 3.63) is 0 Å². The van der Waals surface area contributed by atoms with Crippen molar-refractivity contribution in [2.45, 2.75) is 51.2 Å². The second kappa shape index (κ2) is 7.31. The summed E-state index contributed by atoms with van der Waals surface area (Å²) in [4.78, 5) is 2.30. The van der Waals surface area contributed by atoms with Crippen molar-refractivity contribution in [1.82, 2.24) is 10.2 Å². The Hall–Kier alpha value is -0.160. The molecule has 0 saturated carbocycles. The average Bonchev–Trinajstić information content (AvgIpc) is 2.81. The van der Waals surface area contributed by atoms with E-state index in [1.165, 1.54) is 12.8 Å². The minimum absolute atomic E-state index is 0.328. The lowest BCUT2D eigenvalue weighted by Gasteiger charge is -2.27. The molecule has 0 aromatic rings. The Labute approximate surface area is 105 Å². The molecule has 1 unspecified atom stereocenters. The first-order chi connectivity index (χ1) is 8.09. The lowest BCUT2D eigenvalue weighted by molar-refractivity contribution is 0.0281. The summed E-state index contributed by atoms with van der Waals surface area (Å²) in [5.41, 5.74) is -0.618. The molecule has 1 fully saturated rings. The molecule has 0 aromatic carbocycles. The molecule has 17 heavy (non-hydrogen) atoms. The fourth-order valence-corrected chi connectivity index (χ4v) is 2.30. The van der Waals surface area contributed by atoms with E-state index in [9.17, 15) is 10.2 Å². The predicted octanol–water partition coefficient (Wildman–Crippen LogP) is 0.584. The minimum Gasteiger partial charge on any atom is -0.390 e. The van der Waals surface area contributed by atoms with Crippen molar-refractivity contribution < 1.29 is 10.2 Å². The fraction of sp³-hybridized carbons (Fsp3) is 1.00. The Balaban J connectivity index is 2.12. The molecule has 0 aromatic heterocycles. The third-order valence-electron chi connectivity index (χ3n) is 3.82. The van der Waals surface area contributed by atoms with E-state index < -0.39 is 5.60 Å². The molecule has 0 bridgehead atoms. The molecule has 1 rings (SSSR count). The molecular formula is C13H28N2O2. The standard InChI is InChI=1S/C13H28N2O2/c1-3-13(17,4-2)11-14-9-12(16)10-15-7-5-6-8-15/h12,14,16-17H,3-11H2,1-2H3. The van der Waals surface area contributed by atoms with Gasteiger partial charge in [0, 0.05) is 19.6 Å². The van der Waals surface area contributed by atoms with Gasteiger partial charge in [0.25, 0.3) is 0 Å². The normalized spacial score (nSPS) is 19.8. The van der Waals surface area contributed by atoms with Crippen molar-refractivity contribution in [2.24, 2.45) is 0 Å². The third kappa shape index (κ3) is 5.34. The fourth-order valence-electron chi connectivity index (χ4n) is 2.30. The first-order valence-corrected chi connectivity index (χ1v) is 6.93. The zero-order valence-corrected chi connectivity index (χ0v) is 11.3. The summed E-state index contributed by atoms with van der Waals surface area (Å²) in [6.07, 6.45) is 3.68. The number of aliphatic hydroxyl groups excluding tert-OH is 1. The highest BCUT2D eigenvalue weighted by Crippen LogP contribution is 2.12. The topological polar surface area (TPSA) is 55.7 Å². The summed E-state index contributed by atoms with van der Waals surface area (Å²) >= 11 is 0. The van der Waals surface area contributed by atoms with Crippen molar-refractivity contribution in [3.8, 4) is 0 Å². The van der Waals surface area contributed by atoms with Crippen LogP contribution in [0.2, 0.25) is 0 Å². The zero-order chi connectivity index (χ0) is 12.7. The number of aliphatic hydroxyl groups is 2. The molecule has 0 amide bonds. The van der Waals surface area contributed by atoms with Crippen LogP contribution in [-0.4, -0.2) is 59.5 Å². The summed E-state index contributed by atoms with van der Waals surface area (Å²) in [7, 11) is 0. The van der Waals surface area contributed by atoms with Crippen LogP contribution in [0.3, 0.4) is 0 Å². The van der Waals surface area contributed by atoms with Crippen LogP contribution in [0.1, 0.15) is 39.5 Å². The van der Waals surface area contributed by atoms with Gasteiger partial charge in [-0.3, -0.25) is 0 Å². The highest BCUT2D eigenvalue weighted by molar-refractivity contribution is 4.79. The van der Waals surface area contributed by atoms with Crippen LogP contribution in [0, 0.1) is 0 Å². The van der Waals surface area contributed by atoms with Gasteiger partial charge in [-0.05, 0) is 38.8 Å². The van der Waals surface area contributed by atoms with Crippen molar-refractivity contribution in [2.75, 3.05) is 32.7 Å². The van der Waals surface area contributed by atoms with Crippen LogP contribution in [0.25, 0.3) is 0 Å². The maximum absolute atomic E-state index is 10.1. The maximum atomic E-state index is 10.1. The second-order valence-corrected chi connectivity index (χ2v) is 5.22. The highest BCUT2D eigenvalue weighted by Gasteiger charge is 2.22. The Kier molecular flexibility index (Phi) is 6.41. The third-order valence-corrected chi connectivity index (χ3v) is 3.82. The van der Waals surface area contributed by atoms with E-state index in [-0.39, 0.29) is 6.10 Å². The lowest BCUT2D eigenvalue weighted by atomic mass is 9.97. The second-order valence-electron chi connectivity index (χ2n) is 5.22. The molecule has 0 spiro atoms. The first-order valence-electron chi connectivity index (χ1n) is 6.93. The Bertz CT molecular complexity index is 202. The van der Waals surface area contributed by atoms with Gasteiger partial charge in [-0.15, -0.1) is 0 Å². The van der Waals surface area contributed by atoms with Gasteiger partial charge < -0.3 is 20.4 Å². The van der Waals surface area contributed by atoms with Gasteiger partial charge in [0.1, 0.15) is 0 Å². The molecule has 1 saturated heterocycles. The largest absolute Gasteiger partial charge is 0.390 e. The van der Waals surface area contributed by atoms with E-state index >= 15 is 0 Å². The van der Waals surface area contributed by atoms with Crippen LogP contribution in [0.15, 0.2) is 0 Å². The highest BCUT2D eigenvalue weighted by atomic mass is 16.3. The summed E-state index contributed by atoms with van der Waals surface area (Å²) in [6, 6.07) is 0. The van der Waals surface area contributed by atoms with Gasteiger partial charge in [0.05, 0.1) is 11.7 Å². The summed E-state index contributed by atoms with van der Waals surface area (Å²) in [5, 5.41) is 23.1. The van der Waals surface area contributed by atoms with E-state index in [1.807, 2.05) is 13.8 Å². The molecule has 0 radical (unpaired) electrons. The van der Waals surface area contributed by atoms with Gasteiger partial charge in [0.15, 0.2) is 0 Å². The van der Waals surface area contributed by atoms with Crippen LogP contribution in [-0.2, 0) is 0 Å². The van der Waals surface area contributed by atoms with Gasteiger partial charge in [-0.2, -0.15) is 0 Å². The number of β-amino-alcohol motifs (C(OH)–C–C–N with tert-alkyl or cyclic N) is 1. The number of rotatable bonds is 8. The SMILES string of the molecule is CCC(O)(CC)CNCC(O)CN1CCCC1. The van der Waals surface area contributed by atoms with E-state index in [4.69, 9.17) is 0 Å². The molecule has 1 atom stereocenters. The van der Waals surface area contributed by atoms with Crippen LogP contribution in [0.5, 0.6) is 0 Å². The maximum Gasteiger partial charge on any atom is 0.0791 e. The Morgan fingerprint density at radius 1 is 1.24 bits per heavy atom. The van der Waals surface area contributed by atoms with Gasteiger partial charge >= 0.3 is 0 Å². The number of likely N-dealkylation sites (tertiary alicyclic amines) is 1. The van der Waals surface area contributed by atoms with Crippen LogP contribution >= 0.6 is 0 Å². The summed E-state index contributed by atoms with van der Waals surface area (Å²) in [6.45, 7) is 8.10. The average molecular weight is 244 g/mol. The molecule has 1 aliphatic heterocycles. The molecule has 102 valence electrons. The van der Waals surface area contributed by atoms with Crippen molar-refractivity contribution in [3.63, 3.8) is 0 Å². The number of hydrogen-bond acceptors (Lipinski definition) is 4. The molecule has 4 nitrogen and oxygen atoms in total. The Morgan fingerprint density at radius 3 is 2.35 bits per heavy atom. The number of nitrogens with one attached hydrogen (secondary N) is 1. The number of nitrogens with zero attached hydrogens (tertiary/aromatic N) is 1. The first kappa shape index (κ1) is 14.9. The quantitative estimate of drug-likeness (QED) is 0.585. The smallest absolute Gasteiger partial charge is 0.0791 e. The van der Waals surface area contributed by atoms with E-state index in [2.05, 4.69) is 10.2 Å². The zero-order valence-electron chi connectivity index (χ0n) is 11.3. The Morgan fingerprint density at radius 2 is 1.82 bits per heavy atom. The van der Waals surface area contributed by atoms with Crippen molar-refractivity contribution in [1.29, 1.82) is 0 Å². The molecular weight excluding hydrogens is 216 g/mol. The van der Waals surface area contributed by atoms with Crippen LogP contribution in [0.4, 0.5) is 0 Å². The van der Waals surface area contributed by atoms with Crippen LogP contribution < -0.4 is 5.32 Å². The molecule has 4 heteroatoms. The monoisotopic (exact) mass is 244 g/mol. The van der Waals surface area contributed by atoms with Crippen molar-refractivity contribution >= 4 is 0 Å². The summed E-state index contributed by atoms with van der Waals surface area (Å²) in [5.74, 6) is 0. The molecule has 1 heterocycles.